The molecule has 0 spiro atoms. The lowest BCUT2D eigenvalue weighted by Gasteiger charge is -2.06. The molecule has 0 fully saturated rings. The third-order valence-electron chi connectivity index (χ3n) is 2.53. The number of aliphatic imine (C=N–C) groups is 1. The van der Waals surface area contributed by atoms with E-state index in [9.17, 15) is 4.39 Å². The summed E-state index contributed by atoms with van der Waals surface area (Å²) in [5.74, 6) is 0.870. The minimum atomic E-state index is -0.238. The summed E-state index contributed by atoms with van der Waals surface area (Å²) in [5.41, 5.74) is 0.847. The molecular weight excluding hydrogens is 193 g/mol. The van der Waals surface area contributed by atoms with Gasteiger partial charge in [-0.15, -0.1) is 0 Å². The van der Waals surface area contributed by atoms with Crippen molar-refractivity contribution in [2.24, 2.45) is 10.9 Å². The third-order valence-corrected chi connectivity index (χ3v) is 2.53. The van der Waals surface area contributed by atoms with Crippen molar-refractivity contribution in [3.63, 3.8) is 0 Å². The molecule has 1 aliphatic heterocycles. The van der Waals surface area contributed by atoms with E-state index in [1.807, 2.05) is 0 Å². The van der Waals surface area contributed by atoms with E-state index < -0.39 is 0 Å². The Kier molecular flexibility index (Phi) is 2.71. The molecule has 0 bridgehead atoms. The molecule has 1 aromatic rings. The Hall–Kier alpha value is -1.38. The Morgan fingerprint density at radius 2 is 2.00 bits per heavy atom. The normalized spacial score (nSPS) is 20.3. The quantitative estimate of drug-likeness (QED) is 0.730. The van der Waals surface area contributed by atoms with Crippen LogP contribution in [0, 0.1) is 11.7 Å². The second-order valence-corrected chi connectivity index (χ2v) is 4.06. The van der Waals surface area contributed by atoms with Crippen molar-refractivity contribution in [2.75, 3.05) is 6.61 Å². The van der Waals surface area contributed by atoms with Crippen LogP contribution in [0.5, 0.6) is 0 Å². The molecule has 2 nitrogen and oxygen atoms in total. The maximum Gasteiger partial charge on any atom is 0.216 e. The molecule has 0 N–H and O–H groups in total. The molecule has 0 saturated heterocycles. The summed E-state index contributed by atoms with van der Waals surface area (Å²) in [7, 11) is 0. The molecule has 0 saturated carbocycles. The first kappa shape index (κ1) is 10.1. The van der Waals surface area contributed by atoms with Gasteiger partial charge in [0, 0.05) is 5.56 Å². The van der Waals surface area contributed by atoms with E-state index in [1.54, 1.807) is 12.1 Å². The number of hydrogen-bond acceptors (Lipinski definition) is 2. The van der Waals surface area contributed by atoms with Gasteiger partial charge in [0.2, 0.25) is 5.90 Å². The van der Waals surface area contributed by atoms with Gasteiger partial charge in [-0.05, 0) is 30.2 Å². The molecule has 0 aliphatic carbocycles. The monoisotopic (exact) mass is 207 g/mol. The number of nitrogens with zero attached hydrogens (tertiary/aromatic N) is 1. The summed E-state index contributed by atoms with van der Waals surface area (Å²) in [4.78, 5) is 4.46. The largest absolute Gasteiger partial charge is 0.475 e. The predicted octanol–water partition coefficient (Wildman–Crippen LogP) is 2.63. The summed E-state index contributed by atoms with van der Waals surface area (Å²) >= 11 is 0. The van der Waals surface area contributed by atoms with Gasteiger partial charge in [0.25, 0.3) is 0 Å². The van der Waals surface area contributed by atoms with Crippen LogP contribution in [0.3, 0.4) is 0 Å². The van der Waals surface area contributed by atoms with Crippen LogP contribution in [0.1, 0.15) is 19.4 Å². The van der Waals surface area contributed by atoms with E-state index >= 15 is 0 Å². The van der Waals surface area contributed by atoms with Gasteiger partial charge in [0.15, 0.2) is 0 Å². The highest BCUT2D eigenvalue weighted by molar-refractivity contribution is 5.95. The van der Waals surface area contributed by atoms with Crippen molar-refractivity contribution in [2.45, 2.75) is 19.9 Å². The maximum atomic E-state index is 12.7. The molecule has 80 valence electrons. The highest BCUT2D eigenvalue weighted by Gasteiger charge is 2.22. The number of ether oxygens (including phenoxy) is 1. The number of benzene rings is 1. The van der Waals surface area contributed by atoms with Gasteiger partial charge < -0.3 is 4.74 Å². The van der Waals surface area contributed by atoms with E-state index in [2.05, 4.69) is 18.8 Å². The van der Waals surface area contributed by atoms with Crippen molar-refractivity contribution >= 4 is 5.90 Å². The van der Waals surface area contributed by atoms with Crippen LogP contribution in [0.25, 0.3) is 0 Å². The van der Waals surface area contributed by atoms with Gasteiger partial charge in [-0.25, -0.2) is 9.38 Å². The second kappa shape index (κ2) is 4.01. The summed E-state index contributed by atoms with van der Waals surface area (Å²) < 4.78 is 18.2. The van der Waals surface area contributed by atoms with E-state index in [0.717, 1.165) is 5.56 Å². The van der Waals surface area contributed by atoms with Crippen LogP contribution in [0.4, 0.5) is 4.39 Å². The first-order chi connectivity index (χ1) is 7.16. The summed E-state index contributed by atoms with van der Waals surface area (Å²) in [5, 5.41) is 0. The van der Waals surface area contributed by atoms with Gasteiger partial charge in [0.05, 0.1) is 6.04 Å². The lowest BCUT2D eigenvalue weighted by atomic mass is 10.1. The Balaban J connectivity index is 2.19. The summed E-state index contributed by atoms with van der Waals surface area (Å²) in [6.07, 6.45) is 0. The smallest absolute Gasteiger partial charge is 0.216 e. The van der Waals surface area contributed by atoms with Crippen LogP contribution < -0.4 is 0 Å². The second-order valence-electron chi connectivity index (χ2n) is 4.06. The van der Waals surface area contributed by atoms with Gasteiger partial charge in [-0.2, -0.15) is 0 Å². The van der Waals surface area contributed by atoms with Crippen LogP contribution in [0.15, 0.2) is 29.3 Å². The standard InChI is InChI=1S/C12H14FNO/c1-8(2)11-7-15-12(14-11)9-3-5-10(13)6-4-9/h3-6,8,11H,7H2,1-2H3. The highest BCUT2D eigenvalue weighted by atomic mass is 19.1. The molecule has 1 aliphatic rings. The zero-order valence-corrected chi connectivity index (χ0v) is 8.90. The average Bonchev–Trinajstić information content (AvgIpc) is 2.68. The fourth-order valence-corrected chi connectivity index (χ4v) is 1.48. The topological polar surface area (TPSA) is 21.6 Å². The molecule has 0 amide bonds. The Labute approximate surface area is 88.8 Å². The first-order valence-corrected chi connectivity index (χ1v) is 5.13. The number of halogens is 1. The van der Waals surface area contributed by atoms with Gasteiger partial charge in [-0.3, -0.25) is 0 Å². The third kappa shape index (κ3) is 2.17. The zero-order chi connectivity index (χ0) is 10.8. The van der Waals surface area contributed by atoms with E-state index in [0.29, 0.717) is 18.4 Å². The van der Waals surface area contributed by atoms with E-state index in [4.69, 9.17) is 4.74 Å². The predicted molar refractivity (Wildman–Crippen MR) is 57.5 cm³/mol. The minimum Gasteiger partial charge on any atom is -0.475 e. The van der Waals surface area contributed by atoms with Gasteiger partial charge in [0.1, 0.15) is 12.4 Å². The Morgan fingerprint density at radius 3 is 2.53 bits per heavy atom. The SMILES string of the molecule is CC(C)C1COC(c2ccc(F)cc2)=N1. The molecule has 1 aromatic carbocycles. The molecule has 1 heterocycles. The fraction of sp³-hybridized carbons (Fsp3) is 0.417. The molecular formula is C12H14FNO. The van der Waals surface area contributed by atoms with Crippen molar-refractivity contribution in [3.05, 3.63) is 35.6 Å². The van der Waals surface area contributed by atoms with Crippen LogP contribution >= 0.6 is 0 Å². The van der Waals surface area contributed by atoms with Crippen LogP contribution in [0.2, 0.25) is 0 Å². The molecule has 0 radical (unpaired) electrons. The molecule has 15 heavy (non-hydrogen) atoms. The average molecular weight is 207 g/mol. The number of hydrogen-bond donors (Lipinski definition) is 0. The summed E-state index contributed by atoms with van der Waals surface area (Å²) in [6, 6.07) is 6.45. The molecule has 0 aromatic heterocycles. The highest BCUT2D eigenvalue weighted by Crippen LogP contribution is 2.17. The molecule has 3 heteroatoms. The fourth-order valence-electron chi connectivity index (χ4n) is 1.48. The Morgan fingerprint density at radius 1 is 1.33 bits per heavy atom. The Bertz CT molecular complexity index is 370. The van der Waals surface area contributed by atoms with Gasteiger partial charge >= 0.3 is 0 Å². The first-order valence-electron chi connectivity index (χ1n) is 5.13. The molecule has 1 atom stereocenters. The van der Waals surface area contributed by atoms with Crippen LogP contribution in [-0.2, 0) is 4.74 Å². The molecule has 1 unspecified atom stereocenters. The van der Waals surface area contributed by atoms with Gasteiger partial charge in [-0.1, -0.05) is 13.8 Å². The summed E-state index contributed by atoms with van der Waals surface area (Å²) in [6.45, 7) is 4.86. The minimum absolute atomic E-state index is 0.227. The number of rotatable bonds is 2. The lowest BCUT2D eigenvalue weighted by Crippen LogP contribution is -2.13. The van der Waals surface area contributed by atoms with Crippen molar-refractivity contribution < 1.29 is 9.13 Å². The lowest BCUT2D eigenvalue weighted by molar-refractivity contribution is 0.292. The zero-order valence-electron chi connectivity index (χ0n) is 8.90. The van der Waals surface area contributed by atoms with E-state index in [-0.39, 0.29) is 11.9 Å². The van der Waals surface area contributed by atoms with Crippen molar-refractivity contribution in [3.8, 4) is 0 Å². The van der Waals surface area contributed by atoms with Crippen molar-refractivity contribution in [1.82, 2.24) is 0 Å². The maximum absolute atomic E-state index is 12.7. The van der Waals surface area contributed by atoms with Crippen molar-refractivity contribution in [1.29, 1.82) is 0 Å². The van der Waals surface area contributed by atoms with Crippen LogP contribution in [-0.4, -0.2) is 18.5 Å². The molecule has 2 rings (SSSR count). The van der Waals surface area contributed by atoms with E-state index in [1.165, 1.54) is 12.1 Å².